The molecule has 1 aliphatic carbocycles. The minimum Gasteiger partial charge on any atom is -0.396 e. The van der Waals surface area contributed by atoms with Gasteiger partial charge >= 0.3 is 0 Å². The van der Waals surface area contributed by atoms with Crippen molar-refractivity contribution >= 4 is 61.5 Å². The summed E-state index contributed by atoms with van der Waals surface area (Å²) >= 11 is 8.26. The molecule has 1 aromatic heterocycles. The second-order valence-electron chi connectivity index (χ2n) is 9.21. The van der Waals surface area contributed by atoms with E-state index in [-0.39, 0.29) is 30.5 Å². The summed E-state index contributed by atoms with van der Waals surface area (Å²) in [4.78, 5) is 21.2. The summed E-state index contributed by atoms with van der Waals surface area (Å²) < 4.78 is 60.0. The van der Waals surface area contributed by atoms with Crippen LogP contribution in [0.2, 0.25) is 5.02 Å². The number of nitrogens with one attached hydrogen (secondary N) is 3. The minimum atomic E-state index is -4.63. The topological polar surface area (TPSA) is 130 Å². The highest BCUT2D eigenvalue weighted by atomic mass is 127. The number of aryl methyl sites for hydroxylation is 1. The molecule has 3 aromatic rings. The van der Waals surface area contributed by atoms with Gasteiger partial charge in [-0.05, 0) is 89.6 Å². The molecule has 1 saturated carbocycles. The van der Waals surface area contributed by atoms with Crippen LogP contribution in [-0.2, 0) is 27.8 Å². The number of hydrogen-bond acceptors (Lipinski definition) is 7. The van der Waals surface area contributed by atoms with E-state index in [1.807, 2.05) is 22.6 Å². The lowest BCUT2D eigenvalue weighted by Gasteiger charge is -2.17. The number of pyridine rings is 1. The number of amides is 1. The van der Waals surface area contributed by atoms with Crippen molar-refractivity contribution in [3.63, 3.8) is 0 Å². The zero-order chi connectivity index (χ0) is 28.9. The van der Waals surface area contributed by atoms with Crippen LogP contribution < -0.4 is 15.5 Å². The second-order valence-corrected chi connectivity index (χ2v) is 12.6. The molecule has 1 aliphatic rings. The summed E-state index contributed by atoms with van der Waals surface area (Å²) in [7, 11) is -4.63. The van der Waals surface area contributed by atoms with E-state index in [9.17, 15) is 13.2 Å². The average Bonchev–Trinajstić information content (AvgIpc) is 3.75. The van der Waals surface area contributed by atoms with Crippen LogP contribution in [0.25, 0.3) is 0 Å². The zero-order valence-corrected chi connectivity index (χ0v) is 24.7. The fraction of sp³-hybridized carbons (Fsp3) is 0.308. The summed E-state index contributed by atoms with van der Waals surface area (Å²) in [6.07, 6.45) is 5.95. The van der Waals surface area contributed by atoms with Crippen molar-refractivity contribution in [3.8, 4) is 0 Å². The first-order valence-corrected chi connectivity index (χ1v) is 15.2. The molecule has 2 aromatic carbocycles. The molecule has 0 atom stereocenters. The van der Waals surface area contributed by atoms with Crippen LogP contribution in [0, 0.1) is 21.1 Å². The molecule has 4 N–H and O–H groups in total. The highest BCUT2D eigenvalue weighted by Gasteiger charge is 2.30. The van der Waals surface area contributed by atoms with Gasteiger partial charge in [-0.2, -0.15) is 0 Å². The number of sulfonamides is 1. The number of aliphatic hydroxyl groups is 1. The highest BCUT2D eigenvalue weighted by Crippen LogP contribution is 2.34. The maximum absolute atomic E-state index is 15.5. The monoisotopic (exact) mass is 706 g/mol. The van der Waals surface area contributed by atoms with Crippen LogP contribution in [-0.4, -0.2) is 37.6 Å². The van der Waals surface area contributed by atoms with E-state index in [2.05, 4.69) is 20.5 Å². The lowest BCUT2D eigenvalue weighted by atomic mass is 10.1. The third kappa shape index (κ3) is 7.85. The maximum Gasteiger partial charge on any atom is 0.277 e. The first-order valence-electron chi connectivity index (χ1n) is 12.3. The van der Waals surface area contributed by atoms with E-state index in [1.54, 1.807) is 24.4 Å². The van der Waals surface area contributed by atoms with Gasteiger partial charge in [-0.1, -0.05) is 17.7 Å². The Morgan fingerprint density at radius 2 is 1.90 bits per heavy atom. The van der Waals surface area contributed by atoms with E-state index >= 15 is 8.78 Å². The molecule has 214 valence electrons. The van der Waals surface area contributed by atoms with Crippen molar-refractivity contribution in [2.45, 2.75) is 37.1 Å². The molecule has 0 radical (unpaired) electrons. The molecular weight excluding hydrogens is 681 g/mol. The number of nitrogens with zero attached hydrogens (tertiary/aromatic N) is 1. The average molecular weight is 707 g/mol. The molecular formula is C26H26ClF2IN4O5S. The zero-order valence-electron chi connectivity index (χ0n) is 21.0. The fourth-order valence-corrected chi connectivity index (χ4v) is 5.72. The van der Waals surface area contributed by atoms with Crippen LogP contribution in [0.3, 0.4) is 0 Å². The molecule has 40 heavy (non-hydrogen) atoms. The van der Waals surface area contributed by atoms with E-state index in [1.165, 1.54) is 12.3 Å². The third-order valence-corrected chi connectivity index (χ3v) is 8.40. The molecule has 1 heterocycles. The predicted octanol–water partition coefficient (Wildman–Crippen LogP) is 4.84. The van der Waals surface area contributed by atoms with Gasteiger partial charge < -0.3 is 10.4 Å². The maximum atomic E-state index is 15.5. The van der Waals surface area contributed by atoms with Gasteiger partial charge in [-0.15, -0.1) is 0 Å². The van der Waals surface area contributed by atoms with E-state index in [0.29, 0.717) is 24.3 Å². The van der Waals surface area contributed by atoms with Gasteiger partial charge in [0.05, 0.1) is 28.6 Å². The Kier molecular flexibility index (Phi) is 10.3. The summed E-state index contributed by atoms with van der Waals surface area (Å²) in [6.45, 7) is -0.0449. The quantitative estimate of drug-likeness (QED) is 0.148. The van der Waals surface area contributed by atoms with E-state index in [4.69, 9.17) is 21.5 Å². The van der Waals surface area contributed by atoms with E-state index in [0.717, 1.165) is 28.0 Å². The number of carbonyl (C=O) groups is 1. The first kappa shape index (κ1) is 30.5. The largest absolute Gasteiger partial charge is 0.396 e. The van der Waals surface area contributed by atoms with Gasteiger partial charge in [0, 0.05) is 29.1 Å². The third-order valence-electron chi connectivity index (χ3n) is 6.02. The Morgan fingerprint density at radius 1 is 1.15 bits per heavy atom. The van der Waals surface area contributed by atoms with Gasteiger partial charge in [-0.3, -0.25) is 14.6 Å². The Hall–Kier alpha value is -2.43. The lowest BCUT2D eigenvalue weighted by molar-refractivity contribution is 0.0270. The Morgan fingerprint density at radius 3 is 2.60 bits per heavy atom. The minimum absolute atomic E-state index is 0.0101. The summed E-state index contributed by atoms with van der Waals surface area (Å²) in [5.74, 6) is -3.94. The molecule has 0 unspecified atom stereocenters. The fourth-order valence-electron chi connectivity index (χ4n) is 3.70. The number of aliphatic hydroxyl groups excluding tert-OH is 1. The van der Waals surface area contributed by atoms with Crippen LogP contribution in [0.15, 0.2) is 47.6 Å². The molecule has 14 heteroatoms. The second kappa shape index (κ2) is 13.5. The van der Waals surface area contributed by atoms with Gasteiger partial charge in [0.1, 0.15) is 4.90 Å². The lowest BCUT2D eigenvalue weighted by Crippen LogP contribution is -2.28. The Bertz CT molecular complexity index is 1510. The van der Waals surface area contributed by atoms with Crippen LogP contribution in [0.4, 0.5) is 20.2 Å². The first-order chi connectivity index (χ1) is 19.1. The van der Waals surface area contributed by atoms with Gasteiger partial charge in [0.2, 0.25) is 10.0 Å². The SMILES string of the molecule is O=C(NOCC1CC1)c1cc(S(=O)(=O)NCc2cncc(CCCO)c2)c(F)c(F)c1Nc1ccc(I)cc1Cl. The Balaban J connectivity index is 1.65. The summed E-state index contributed by atoms with van der Waals surface area (Å²) in [5, 5.41) is 11.8. The van der Waals surface area contributed by atoms with Crippen molar-refractivity contribution in [3.05, 3.63) is 79.6 Å². The molecule has 1 amide bonds. The van der Waals surface area contributed by atoms with Gasteiger partial charge in [0.25, 0.3) is 5.91 Å². The summed E-state index contributed by atoms with van der Waals surface area (Å²) in [5.41, 5.74) is 2.50. The van der Waals surface area contributed by atoms with Crippen molar-refractivity contribution in [2.24, 2.45) is 5.92 Å². The number of rotatable bonds is 13. The molecule has 0 aliphatic heterocycles. The number of halogens is 4. The number of carbonyl (C=O) groups excluding carboxylic acids is 1. The van der Waals surface area contributed by atoms with Crippen LogP contribution in [0.5, 0.6) is 0 Å². The van der Waals surface area contributed by atoms with Gasteiger partial charge in [-0.25, -0.2) is 27.4 Å². The van der Waals surface area contributed by atoms with Crippen LogP contribution >= 0.6 is 34.2 Å². The summed E-state index contributed by atoms with van der Waals surface area (Å²) in [6, 6.07) is 7.19. The van der Waals surface area contributed by atoms with Crippen molar-refractivity contribution < 1.29 is 31.9 Å². The van der Waals surface area contributed by atoms with Crippen molar-refractivity contribution in [1.82, 2.24) is 15.2 Å². The molecule has 0 saturated heterocycles. The number of benzene rings is 2. The Labute approximate surface area is 248 Å². The van der Waals surface area contributed by atoms with Crippen molar-refractivity contribution in [1.29, 1.82) is 0 Å². The number of aromatic nitrogens is 1. The molecule has 9 nitrogen and oxygen atoms in total. The number of anilines is 2. The van der Waals surface area contributed by atoms with Crippen molar-refractivity contribution in [2.75, 3.05) is 18.5 Å². The van der Waals surface area contributed by atoms with Crippen LogP contribution in [0.1, 0.15) is 40.7 Å². The molecule has 0 bridgehead atoms. The number of hydrogen-bond donors (Lipinski definition) is 4. The molecule has 0 spiro atoms. The predicted molar refractivity (Wildman–Crippen MR) is 154 cm³/mol. The molecule has 1 fully saturated rings. The normalized spacial score (nSPS) is 13.3. The highest BCUT2D eigenvalue weighted by molar-refractivity contribution is 14.1. The smallest absolute Gasteiger partial charge is 0.277 e. The van der Waals surface area contributed by atoms with Gasteiger partial charge in [0.15, 0.2) is 11.6 Å². The van der Waals surface area contributed by atoms with E-state index < -0.39 is 43.7 Å². The molecule has 4 rings (SSSR count). The standard InChI is InChI=1S/C26H26ClF2IN4O5S/c27-20-9-18(30)5-6-21(20)33-25-19(26(36)34-39-14-15-3-4-15)10-22(23(28)24(25)29)40(37,38)32-13-17-8-16(2-1-7-35)11-31-12-17/h5-6,8-12,15,32-33,35H,1-4,7,13-14H2,(H,34,36). The number of hydroxylamine groups is 1.